The van der Waals surface area contributed by atoms with Crippen molar-refractivity contribution in [2.75, 3.05) is 46.9 Å². The topological polar surface area (TPSA) is 87.2 Å². The smallest absolute Gasteiger partial charge is 0.216 e. The molecule has 2 rings (SSSR count). The Bertz CT molecular complexity index is 649. The molecule has 1 aliphatic rings. The van der Waals surface area contributed by atoms with Gasteiger partial charge in [-0.2, -0.15) is 0 Å². The molecule has 1 aliphatic heterocycles. The summed E-state index contributed by atoms with van der Waals surface area (Å²) in [6.45, 7) is 8.25. The van der Waals surface area contributed by atoms with Gasteiger partial charge in [-0.05, 0) is 31.0 Å². The first-order valence-electron chi connectivity index (χ1n) is 9.77. The lowest BCUT2D eigenvalue weighted by atomic mass is 10.2. The van der Waals surface area contributed by atoms with Crippen LogP contribution in [0.5, 0.6) is 11.5 Å². The maximum absolute atomic E-state index is 10.9. The van der Waals surface area contributed by atoms with Crippen molar-refractivity contribution in [3.63, 3.8) is 0 Å². The van der Waals surface area contributed by atoms with E-state index in [0.29, 0.717) is 19.1 Å². The van der Waals surface area contributed by atoms with Crippen LogP contribution in [0.15, 0.2) is 23.2 Å². The number of benzene rings is 1. The summed E-state index contributed by atoms with van der Waals surface area (Å²) >= 11 is 0. The first-order valence-corrected chi connectivity index (χ1v) is 9.77. The fraction of sp³-hybridized carbons (Fsp3) is 0.600. The van der Waals surface area contributed by atoms with Crippen molar-refractivity contribution >= 4 is 35.8 Å². The van der Waals surface area contributed by atoms with Gasteiger partial charge < -0.3 is 25.4 Å². The Kier molecular flexibility index (Phi) is 11.7. The highest BCUT2D eigenvalue weighted by molar-refractivity contribution is 14.0. The molecule has 1 aromatic rings. The first kappa shape index (κ1) is 25.3. The predicted octanol–water partition coefficient (Wildman–Crippen LogP) is 1.59. The van der Waals surface area contributed by atoms with Crippen molar-refractivity contribution < 1.29 is 14.3 Å². The predicted molar refractivity (Wildman–Crippen MR) is 126 cm³/mol. The third-order valence-electron chi connectivity index (χ3n) is 4.53. The van der Waals surface area contributed by atoms with Gasteiger partial charge in [-0.15, -0.1) is 24.0 Å². The van der Waals surface area contributed by atoms with E-state index in [1.54, 1.807) is 14.2 Å². The second-order valence-corrected chi connectivity index (χ2v) is 6.83. The van der Waals surface area contributed by atoms with Crippen LogP contribution >= 0.6 is 24.0 Å². The van der Waals surface area contributed by atoms with Crippen molar-refractivity contribution in [1.29, 1.82) is 0 Å². The van der Waals surface area contributed by atoms with Crippen LogP contribution in [0.2, 0.25) is 0 Å². The zero-order valence-corrected chi connectivity index (χ0v) is 20.1. The summed E-state index contributed by atoms with van der Waals surface area (Å²) in [5.41, 5.74) is 1.17. The Morgan fingerprint density at radius 2 is 1.90 bits per heavy atom. The summed E-state index contributed by atoms with van der Waals surface area (Å²) in [6.07, 6.45) is 1.05. The van der Waals surface area contributed by atoms with Crippen LogP contribution in [0.1, 0.15) is 25.8 Å². The van der Waals surface area contributed by atoms with Crippen LogP contribution in [0.3, 0.4) is 0 Å². The number of rotatable bonds is 9. The number of amides is 1. The maximum atomic E-state index is 10.9. The molecule has 0 aromatic heterocycles. The van der Waals surface area contributed by atoms with Gasteiger partial charge in [0, 0.05) is 51.8 Å². The van der Waals surface area contributed by atoms with Gasteiger partial charge in [-0.1, -0.05) is 0 Å². The average Bonchev–Trinajstić information content (AvgIpc) is 3.11. The van der Waals surface area contributed by atoms with Crippen LogP contribution in [-0.2, 0) is 11.3 Å². The molecule has 0 bridgehead atoms. The third kappa shape index (κ3) is 9.07. The van der Waals surface area contributed by atoms with Crippen LogP contribution in [0.25, 0.3) is 0 Å². The van der Waals surface area contributed by atoms with Crippen LogP contribution in [-0.4, -0.2) is 69.8 Å². The number of carbonyl (C=O) groups excluding carboxylic acids is 1. The highest BCUT2D eigenvalue weighted by atomic mass is 127. The Balaban J connectivity index is 0.00000420. The molecule has 0 aliphatic carbocycles. The standard InChI is InChI=1S/C20H33N5O3.HI/c1-5-21-20(23-8-7-22-15(2)26)24-17-6-9-25(14-17)13-16-10-18(27-3)12-19(11-16)28-4;/h10-12,17H,5-9,13-14H2,1-4H3,(H,22,26)(H2,21,23,24);1H. The molecule has 0 spiro atoms. The summed E-state index contributed by atoms with van der Waals surface area (Å²) in [7, 11) is 3.34. The quantitative estimate of drug-likeness (QED) is 0.199. The number of hydrogen-bond donors (Lipinski definition) is 3. The molecule has 0 saturated carbocycles. The van der Waals surface area contributed by atoms with Gasteiger partial charge in [0.25, 0.3) is 0 Å². The molecule has 164 valence electrons. The second-order valence-electron chi connectivity index (χ2n) is 6.83. The molecule has 1 atom stereocenters. The van der Waals surface area contributed by atoms with E-state index in [4.69, 9.17) is 9.47 Å². The zero-order chi connectivity index (χ0) is 20.4. The number of nitrogens with zero attached hydrogens (tertiary/aromatic N) is 2. The molecule has 1 saturated heterocycles. The van der Waals surface area contributed by atoms with Gasteiger partial charge in [0.2, 0.25) is 5.91 Å². The fourth-order valence-corrected chi connectivity index (χ4v) is 3.22. The summed E-state index contributed by atoms with van der Waals surface area (Å²) in [5.74, 6) is 2.38. The molecular formula is C20H34IN5O3. The van der Waals surface area contributed by atoms with Crippen molar-refractivity contribution in [3.05, 3.63) is 23.8 Å². The van der Waals surface area contributed by atoms with Gasteiger partial charge in [-0.25, -0.2) is 0 Å². The third-order valence-corrected chi connectivity index (χ3v) is 4.53. The largest absolute Gasteiger partial charge is 0.497 e. The Labute approximate surface area is 190 Å². The van der Waals surface area contributed by atoms with Crippen LogP contribution in [0, 0.1) is 0 Å². The molecule has 1 aromatic carbocycles. The van der Waals surface area contributed by atoms with E-state index in [9.17, 15) is 4.79 Å². The van der Waals surface area contributed by atoms with Gasteiger partial charge in [0.1, 0.15) is 11.5 Å². The molecular weight excluding hydrogens is 485 g/mol. The molecule has 3 N–H and O–H groups in total. The molecule has 9 heteroatoms. The van der Waals surface area contributed by atoms with E-state index in [1.165, 1.54) is 12.5 Å². The van der Waals surface area contributed by atoms with E-state index in [2.05, 4.69) is 38.0 Å². The number of carbonyl (C=O) groups is 1. The maximum Gasteiger partial charge on any atom is 0.216 e. The zero-order valence-electron chi connectivity index (χ0n) is 17.8. The molecule has 1 fully saturated rings. The molecule has 0 radical (unpaired) electrons. The monoisotopic (exact) mass is 519 g/mol. The summed E-state index contributed by atoms with van der Waals surface area (Å²) in [4.78, 5) is 17.9. The van der Waals surface area contributed by atoms with E-state index in [0.717, 1.165) is 50.1 Å². The average molecular weight is 519 g/mol. The van der Waals surface area contributed by atoms with E-state index < -0.39 is 0 Å². The Morgan fingerprint density at radius 1 is 1.21 bits per heavy atom. The fourth-order valence-electron chi connectivity index (χ4n) is 3.22. The molecule has 1 heterocycles. The van der Waals surface area contributed by atoms with Crippen molar-refractivity contribution in [3.8, 4) is 11.5 Å². The van der Waals surface area contributed by atoms with Gasteiger partial charge in [0.05, 0.1) is 20.8 Å². The lowest BCUT2D eigenvalue weighted by Crippen LogP contribution is -2.44. The SMILES string of the molecule is CCNC(=NCCNC(C)=O)NC1CCN(Cc2cc(OC)cc(OC)c2)C1.I. The number of hydrogen-bond acceptors (Lipinski definition) is 5. The summed E-state index contributed by atoms with van der Waals surface area (Å²) < 4.78 is 10.7. The van der Waals surface area contributed by atoms with Crippen molar-refractivity contribution in [2.24, 2.45) is 4.99 Å². The minimum Gasteiger partial charge on any atom is -0.497 e. The van der Waals surface area contributed by atoms with E-state index in [-0.39, 0.29) is 29.9 Å². The Morgan fingerprint density at radius 3 is 2.48 bits per heavy atom. The van der Waals surface area contributed by atoms with Gasteiger partial charge in [-0.3, -0.25) is 14.7 Å². The first-order chi connectivity index (χ1) is 13.5. The van der Waals surface area contributed by atoms with Crippen LogP contribution < -0.4 is 25.4 Å². The van der Waals surface area contributed by atoms with Gasteiger partial charge >= 0.3 is 0 Å². The van der Waals surface area contributed by atoms with Crippen LogP contribution in [0.4, 0.5) is 0 Å². The summed E-state index contributed by atoms with van der Waals surface area (Å²) in [5, 5.41) is 9.53. The minimum atomic E-state index is -0.0335. The van der Waals surface area contributed by atoms with Crippen molar-refractivity contribution in [2.45, 2.75) is 32.9 Å². The minimum absolute atomic E-state index is 0. The number of nitrogens with one attached hydrogen (secondary N) is 3. The molecule has 1 unspecified atom stereocenters. The number of methoxy groups -OCH3 is 2. The van der Waals surface area contributed by atoms with Crippen molar-refractivity contribution in [1.82, 2.24) is 20.9 Å². The number of halogens is 1. The molecule has 29 heavy (non-hydrogen) atoms. The Hall–Kier alpha value is -1.75. The highest BCUT2D eigenvalue weighted by Gasteiger charge is 2.23. The second kappa shape index (κ2) is 13.5. The lowest BCUT2D eigenvalue weighted by molar-refractivity contribution is -0.118. The lowest BCUT2D eigenvalue weighted by Gasteiger charge is -2.19. The number of ether oxygens (including phenoxy) is 2. The normalized spacial score (nSPS) is 16.7. The number of aliphatic imine (C=N–C) groups is 1. The number of guanidine groups is 1. The molecule has 8 nitrogen and oxygen atoms in total. The van der Waals surface area contributed by atoms with E-state index in [1.807, 2.05) is 13.0 Å². The highest BCUT2D eigenvalue weighted by Crippen LogP contribution is 2.24. The van der Waals surface area contributed by atoms with Gasteiger partial charge in [0.15, 0.2) is 5.96 Å². The summed E-state index contributed by atoms with van der Waals surface area (Å²) in [6, 6.07) is 6.33. The van der Waals surface area contributed by atoms with E-state index >= 15 is 0 Å². The number of likely N-dealkylation sites (tertiary alicyclic amines) is 1. The molecule has 1 amide bonds.